The van der Waals surface area contributed by atoms with Crippen molar-refractivity contribution in [3.8, 4) is 0 Å². The molecule has 0 spiro atoms. The molecule has 2 aromatic rings. The molecule has 1 N–H and O–H groups in total. The Hall–Kier alpha value is -3.09. The van der Waals surface area contributed by atoms with Gasteiger partial charge in [0.2, 0.25) is 13.1 Å². The van der Waals surface area contributed by atoms with E-state index in [0.29, 0.717) is 11.1 Å². The Morgan fingerprint density at radius 1 is 1.07 bits per heavy atom. The highest BCUT2D eigenvalue weighted by molar-refractivity contribution is 5.88. The molecule has 0 amide bonds. The van der Waals surface area contributed by atoms with Crippen LogP contribution in [0.25, 0.3) is 0 Å². The second-order valence-electron chi connectivity index (χ2n) is 7.02. The van der Waals surface area contributed by atoms with Crippen LogP contribution in [0.15, 0.2) is 54.2 Å². The number of ketones is 1. The fraction of sp³-hybridized carbons (Fsp3) is 0.381. The fourth-order valence-corrected chi connectivity index (χ4v) is 3.38. The van der Waals surface area contributed by atoms with Crippen molar-refractivity contribution in [2.45, 2.75) is 51.3 Å². The highest BCUT2D eigenvalue weighted by Gasteiger charge is 2.21. The molecule has 2 heterocycles. The molecule has 3 rings (SSSR count). The lowest BCUT2D eigenvalue weighted by Crippen LogP contribution is -2.45. The minimum Gasteiger partial charge on any atom is -0.459 e. The van der Waals surface area contributed by atoms with Crippen molar-refractivity contribution in [3.05, 3.63) is 60.2 Å². The van der Waals surface area contributed by atoms with Crippen molar-refractivity contribution in [1.29, 1.82) is 0 Å². The fourth-order valence-electron chi connectivity index (χ4n) is 3.38. The molecule has 0 aliphatic heterocycles. The number of carbonyl (C=O) groups excluding carboxylic acids is 2. The Morgan fingerprint density at radius 2 is 1.75 bits per heavy atom. The number of rotatable bonds is 7. The minimum atomic E-state index is -0.334. The number of aromatic nitrogens is 2. The Bertz CT molecular complexity index is 860. The Labute approximate surface area is 163 Å². The molecule has 0 unspecified atom stereocenters. The van der Waals surface area contributed by atoms with E-state index in [2.05, 4.69) is 5.16 Å². The van der Waals surface area contributed by atoms with Gasteiger partial charge < -0.3 is 9.94 Å². The van der Waals surface area contributed by atoms with E-state index in [9.17, 15) is 9.59 Å². The van der Waals surface area contributed by atoms with Gasteiger partial charge in [0.05, 0.1) is 11.8 Å². The molecular formula is C21H25N3O4+2. The zero-order chi connectivity index (χ0) is 19.8. The lowest BCUT2D eigenvalue weighted by molar-refractivity contribution is -0.702. The maximum atomic E-state index is 12.4. The number of pyridine rings is 2. The summed E-state index contributed by atoms with van der Waals surface area (Å²) in [5.41, 5.74) is 1.15. The topological polar surface area (TPSA) is 83.7 Å². The number of hydrogen-bond donors (Lipinski definition) is 1. The average molecular weight is 383 g/mol. The number of ether oxygens (including phenoxy) is 1. The molecule has 0 bridgehead atoms. The minimum absolute atomic E-state index is 0.00248. The van der Waals surface area contributed by atoms with Crippen molar-refractivity contribution in [2.75, 3.05) is 0 Å². The second-order valence-corrected chi connectivity index (χ2v) is 7.02. The molecule has 0 atom stereocenters. The molecule has 1 aliphatic rings. The molecular weight excluding hydrogens is 358 g/mol. The average Bonchev–Trinajstić information content (AvgIpc) is 2.69. The van der Waals surface area contributed by atoms with Gasteiger partial charge in [-0.05, 0) is 37.8 Å². The first kappa shape index (κ1) is 19.7. The number of carbonyl (C=O) groups is 2. The lowest BCUT2D eigenvalue weighted by atomic mass is 9.98. The largest absolute Gasteiger partial charge is 0.459 e. The zero-order valence-corrected chi connectivity index (χ0v) is 15.7. The Kier molecular flexibility index (Phi) is 6.84. The van der Waals surface area contributed by atoms with Crippen molar-refractivity contribution >= 4 is 18.0 Å². The monoisotopic (exact) mass is 383 g/mol. The first-order chi connectivity index (χ1) is 13.6. The molecule has 2 aromatic heterocycles. The quantitative estimate of drug-likeness (QED) is 0.260. The standard InChI is InChI=1S/C21H24N3O4/c25-19(15-23-10-4-6-17(13-23)12-22-27)16-24-11-5-7-18(14-24)21(26)28-20-8-2-1-3-9-20/h4-7,10-14,20H,1-3,8-9,15-16H2/q+1/p+1/b22-12-. The second kappa shape index (κ2) is 9.73. The van der Waals surface area contributed by atoms with Gasteiger partial charge in [0.15, 0.2) is 24.8 Å². The summed E-state index contributed by atoms with van der Waals surface area (Å²) in [4.78, 5) is 24.8. The molecule has 0 aromatic carbocycles. The zero-order valence-electron chi connectivity index (χ0n) is 15.7. The molecule has 0 saturated heterocycles. The van der Waals surface area contributed by atoms with E-state index in [0.717, 1.165) is 25.7 Å². The molecule has 1 fully saturated rings. The summed E-state index contributed by atoms with van der Waals surface area (Å²) in [6.07, 6.45) is 13.5. The van der Waals surface area contributed by atoms with Gasteiger partial charge in [-0.25, -0.2) is 4.79 Å². The van der Waals surface area contributed by atoms with Crippen LogP contribution in [0.4, 0.5) is 0 Å². The summed E-state index contributed by atoms with van der Waals surface area (Å²) >= 11 is 0. The third-order valence-corrected chi connectivity index (χ3v) is 4.73. The molecule has 0 radical (unpaired) electrons. The normalized spacial score (nSPS) is 14.9. The predicted molar refractivity (Wildman–Crippen MR) is 100.0 cm³/mol. The first-order valence-corrected chi connectivity index (χ1v) is 9.52. The highest BCUT2D eigenvalue weighted by Crippen LogP contribution is 2.21. The number of hydrogen-bond acceptors (Lipinski definition) is 5. The maximum Gasteiger partial charge on any atom is 0.344 e. The van der Waals surface area contributed by atoms with E-state index >= 15 is 0 Å². The van der Waals surface area contributed by atoms with Crippen molar-refractivity contribution in [3.63, 3.8) is 0 Å². The van der Waals surface area contributed by atoms with E-state index < -0.39 is 0 Å². The third kappa shape index (κ3) is 5.70. The van der Waals surface area contributed by atoms with E-state index in [1.54, 1.807) is 58.2 Å². The van der Waals surface area contributed by atoms with Gasteiger partial charge in [-0.2, -0.15) is 9.13 Å². The Morgan fingerprint density at radius 3 is 2.46 bits per heavy atom. The number of nitrogens with zero attached hydrogens (tertiary/aromatic N) is 3. The van der Waals surface area contributed by atoms with Crippen molar-refractivity contribution in [1.82, 2.24) is 0 Å². The van der Waals surface area contributed by atoms with Crippen LogP contribution >= 0.6 is 0 Å². The van der Waals surface area contributed by atoms with Crippen LogP contribution in [0, 0.1) is 0 Å². The summed E-state index contributed by atoms with van der Waals surface area (Å²) in [5.74, 6) is -0.357. The van der Waals surface area contributed by atoms with E-state index in [-0.39, 0.29) is 30.9 Å². The maximum absolute atomic E-state index is 12.4. The molecule has 146 valence electrons. The summed E-state index contributed by atoms with van der Waals surface area (Å²) in [6, 6.07) is 7.00. The van der Waals surface area contributed by atoms with Crippen LogP contribution in [0.1, 0.15) is 48.0 Å². The van der Waals surface area contributed by atoms with Gasteiger partial charge in [0.1, 0.15) is 11.7 Å². The van der Waals surface area contributed by atoms with Crippen LogP contribution in [0.2, 0.25) is 0 Å². The Balaban J connectivity index is 1.59. The van der Waals surface area contributed by atoms with E-state index in [4.69, 9.17) is 9.94 Å². The number of esters is 1. The number of oxime groups is 1. The molecule has 1 aliphatic carbocycles. The smallest absolute Gasteiger partial charge is 0.344 e. The summed E-state index contributed by atoms with van der Waals surface area (Å²) in [7, 11) is 0. The van der Waals surface area contributed by atoms with Crippen LogP contribution in [0.3, 0.4) is 0 Å². The molecule has 1 saturated carbocycles. The molecule has 28 heavy (non-hydrogen) atoms. The van der Waals surface area contributed by atoms with Crippen LogP contribution in [-0.2, 0) is 22.6 Å². The van der Waals surface area contributed by atoms with E-state index in [1.165, 1.54) is 12.6 Å². The van der Waals surface area contributed by atoms with E-state index in [1.807, 2.05) is 0 Å². The van der Waals surface area contributed by atoms with Gasteiger partial charge in [0, 0.05) is 12.1 Å². The first-order valence-electron chi connectivity index (χ1n) is 9.52. The molecule has 7 nitrogen and oxygen atoms in total. The summed E-state index contributed by atoms with van der Waals surface area (Å²) in [5, 5.41) is 11.6. The summed E-state index contributed by atoms with van der Waals surface area (Å²) in [6.45, 7) is 0.326. The molecule has 7 heteroatoms. The van der Waals surface area contributed by atoms with Crippen LogP contribution < -0.4 is 9.13 Å². The van der Waals surface area contributed by atoms with Crippen LogP contribution in [-0.4, -0.2) is 29.3 Å². The number of Topliss-reactive ketones (excluding diaryl/α,β-unsaturated/α-hetero) is 1. The van der Waals surface area contributed by atoms with Gasteiger partial charge in [-0.3, -0.25) is 4.79 Å². The van der Waals surface area contributed by atoms with Crippen molar-refractivity contribution < 1.29 is 28.7 Å². The highest BCUT2D eigenvalue weighted by atomic mass is 16.5. The van der Waals surface area contributed by atoms with Gasteiger partial charge in [0.25, 0.3) is 5.78 Å². The van der Waals surface area contributed by atoms with Gasteiger partial charge in [-0.1, -0.05) is 11.6 Å². The summed E-state index contributed by atoms with van der Waals surface area (Å²) < 4.78 is 9.01. The van der Waals surface area contributed by atoms with Gasteiger partial charge >= 0.3 is 5.97 Å². The van der Waals surface area contributed by atoms with Gasteiger partial charge in [-0.15, -0.1) is 0 Å². The lowest BCUT2D eigenvalue weighted by Gasteiger charge is -2.21. The third-order valence-electron chi connectivity index (χ3n) is 4.73. The SMILES string of the molecule is O=C(C[n+]1cccc(/C=N\O)c1)C[n+]1cccc(C(=O)OC2CCCCC2)c1. The van der Waals surface area contributed by atoms with Crippen LogP contribution in [0.5, 0.6) is 0 Å². The van der Waals surface area contributed by atoms with Crippen molar-refractivity contribution in [2.24, 2.45) is 5.16 Å². The predicted octanol–water partition coefficient (Wildman–Crippen LogP) is 1.83.